The van der Waals surface area contributed by atoms with Crippen molar-refractivity contribution in [2.45, 2.75) is 26.1 Å². The van der Waals surface area contributed by atoms with Gasteiger partial charge >= 0.3 is 6.18 Å². The number of hydrogen-bond donors (Lipinski definition) is 0. The number of rotatable bonds is 3. The summed E-state index contributed by atoms with van der Waals surface area (Å²) in [4.78, 5) is 8.60. The molecule has 96 valence electrons. The molecule has 1 heterocycles. The fourth-order valence-corrected chi connectivity index (χ4v) is 1.78. The molecule has 0 radical (unpaired) electrons. The molecule has 0 aliphatic heterocycles. The highest BCUT2D eigenvalue weighted by atomic mass is 79.9. The van der Waals surface area contributed by atoms with Crippen molar-refractivity contribution in [2.24, 2.45) is 0 Å². The van der Waals surface area contributed by atoms with Crippen LogP contribution >= 0.6 is 27.5 Å². The first-order valence-corrected chi connectivity index (χ1v) is 5.89. The predicted octanol–water partition coefficient (Wildman–Crippen LogP) is 3.67. The van der Waals surface area contributed by atoms with Crippen molar-refractivity contribution in [3.05, 3.63) is 16.0 Å². The molecule has 0 atom stereocenters. The maximum atomic E-state index is 12.5. The van der Waals surface area contributed by atoms with Gasteiger partial charge in [-0.1, -0.05) is 0 Å². The molecule has 0 fully saturated rings. The summed E-state index contributed by atoms with van der Waals surface area (Å²) in [7, 11) is 0. The van der Waals surface area contributed by atoms with Gasteiger partial charge in [-0.2, -0.15) is 18.2 Å². The van der Waals surface area contributed by atoms with Crippen molar-refractivity contribution < 1.29 is 13.2 Å². The number of hydrogen-bond acceptors (Lipinski definition) is 3. The van der Waals surface area contributed by atoms with Gasteiger partial charge in [0, 0.05) is 12.2 Å². The Bertz CT molecular complexity index is 398. The summed E-state index contributed by atoms with van der Waals surface area (Å²) >= 11 is 8.70. The Balaban J connectivity index is 3.10. The van der Waals surface area contributed by atoms with E-state index in [4.69, 9.17) is 11.6 Å². The van der Waals surface area contributed by atoms with Crippen LogP contribution < -0.4 is 4.90 Å². The molecule has 0 aromatic carbocycles. The van der Waals surface area contributed by atoms with Gasteiger partial charge < -0.3 is 4.90 Å². The summed E-state index contributed by atoms with van der Waals surface area (Å²) < 4.78 is 37.7. The van der Waals surface area contributed by atoms with E-state index in [2.05, 4.69) is 25.9 Å². The fourth-order valence-electron chi connectivity index (χ4n) is 1.23. The van der Waals surface area contributed by atoms with Gasteiger partial charge in [0.05, 0.1) is 4.47 Å². The van der Waals surface area contributed by atoms with Crippen LogP contribution in [0.5, 0.6) is 0 Å². The Morgan fingerprint density at radius 2 is 2.06 bits per heavy atom. The standard InChI is InChI=1S/C9H10BrClF3N3/c1-5(2)17(4-9(12,13)14)7-6(10)3-15-8(11)16-7/h3,5H,4H2,1-2H3. The van der Waals surface area contributed by atoms with Crippen LogP contribution in [0.2, 0.25) is 5.28 Å². The van der Waals surface area contributed by atoms with E-state index in [0.717, 1.165) is 4.90 Å². The van der Waals surface area contributed by atoms with Gasteiger partial charge in [-0.3, -0.25) is 0 Å². The van der Waals surface area contributed by atoms with E-state index in [1.807, 2.05) is 0 Å². The molecule has 3 nitrogen and oxygen atoms in total. The minimum atomic E-state index is -4.30. The van der Waals surface area contributed by atoms with Gasteiger partial charge in [-0.05, 0) is 41.4 Å². The summed E-state index contributed by atoms with van der Waals surface area (Å²) in [6, 6.07) is -0.362. The third-order valence-electron chi connectivity index (χ3n) is 1.94. The van der Waals surface area contributed by atoms with Crippen LogP contribution in [0, 0.1) is 0 Å². The molecule has 0 bridgehead atoms. The molecule has 8 heteroatoms. The molecule has 0 unspecified atom stereocenters. The average Bonchev–Trinajstić information content (AvgIpc) is 2.17. The Kier molecular flexibility index (Phi) is 4.60. The Morgan fingerprint density at radius 1 is 1.47 bits per heavy atom. The lowest BCUT2D eigenvalue weighted by molar-refractivity contribution is -0.120. The second kappa shape index (κ2) is 5.39. The van der Waals surface area contributed by atoms with E-state index in [-0.39, 0.29) is 17.1 Å². The van der Waals surface area contributed by atoms with Crippen LogP contribution in [0.15, 0.2) is 10.7 Å². The Morgan fingerprint density at radius 3 is 2.53 bits per heavy atom. The molecule has 17 heavy (non-hydrogen) atoms. The van der Waals surface area contributed by atoms with Crippen molar-refractivity contribution in [3.8, 4) is 0 Å². The quantitative estimate of drug-likeness (QED) is 0.791. The van der Waals surface area contributed by atoms with Crippen LogP contribution in [-0.4, -0.2) is 28.7 Å². The van der Waals surface area contributed by atoms with Gasteiger partial charge in [0.2, 0.25) is 5.28 Å². The van der Waals surface area contributed by atoms with Crippen molar-refractivity contribution in [1.29, 1.82) is 0 Å². The topological polar surface area (TPSA) is 29.0 Å². The molecule has 0 spiro atoms. The SMILES string of the molecule is CC(C)N(CC(F)(F)F)c1nc(Cl)ncc1Br. The Hall–Kier alpha value is -0.560. The lowest BCUT2D eigenvalue weighted by Crippen LogP contribution is -2.40. The van der Waals surface area contributed by atoms with E-state index in [9.17, 15) is 13.2 Å². The van der Waals surface area contributed by atoms with E-state index in [1.165, 1.54) is 6.20 Å². The zero-order chi connectivity index (χ0) is 13.2. The van der Waals surface area contributed by atoms with Crippen LogP contribution in [0.1, 0.15) is 13.8 Å². The molecule has 1 aromatic heterocycles. The molecule has 0 aliphatic carbocycles. The predicted molar refractivity (Wildman–Crippen MR) is 63.3 cm³/mol. The first-order valence-electron chi connectivity index (χ1n) is 4.72. The molecule has 0 amide bonds. The van der Waals surface area contributed by atoms with Gasteiger partial charge in [0.15, 0.2) is 0 Å². The summed E-state index contributed by atoms with van der Waals surface area (Å²) in [5, 5.41) is -0.0870. The number of aromatic nitrogens is 2. The third kappa shape index (κ3) is 4.31. The lowest BCUT2D eigenvalue weighted by Gasteiger charge is -2.29. The normalized spacial score (nSPS) is 12.0. The highest BCUT2D eigenvalue weighted by Crippen LogP contribution is 2.29. The summed E-state index contributed by atoms with van der Waals surface area (Å²) in [5.74, 6) is 0.136. The summed E-state index contributed by atoms with van der Waals surface area (Å²) in [6.45, 7) is 2.21. The number of nitrogens with zero attached hydrogens (tertiary/aromatic N) is 3. The van der Waals surface area contributed by atoms with Crippen molar-refractivity contribution in [1.82, 2.24) is 9.97 Å². The zero-order valence-corrected chi connectivity index (χ0v) is 11.4. The molecule has 0 aliphatic rings. The van der Waals surface area contributed by atoms with E-state index in [1.54, 1.807) is 13.8 Å². The zero-order valence-electron chi connectivity index (χ0n) is 9.09. The summed E-state index contributed by atoms with van der Waals surface area (Å²) in [6.07, 6.45) is -2.97. The van der Waals surface area contributed by atoms with Gasteiger partial charge in [-0.25, -0.2) is 4.98 Å². The van der Waals surface area contributed by atoms with Crippen LogP contribution in [0.4, 0.5) is 19.0 Å². The second-order valence-electron chi connectivity index (χ2n) is 3.65. The smallest absolute Gasteiger partial charge is 0.344 e. The monoisotopic (exact) mass is 331 g/mol. The highest BCUT2D eigenvalue weighted by molar-refractivity contribution is 9.10. The largest absolute Gasteiger partial charge is 0.405 e. The first kappa shape index (κ1) is 14.5. The van der Waals surface area contributed by atoms with Crippen LogP contribution in [0.25, 0.3) is 0 Å². The molecule has 1 rings (SSSR count). The Labute approximate surface area is 110 Å². The average molecular weight is 333 g/mol. The highest BCUT2D eigenvalue weighted by Gasteiger charge is 2.33. The van der Waals surface area contributed by atoms with Crippen LogP contribution in [-0.2, 0) is 0 Å². The molecular weight excluding hydrogens is 322 g/mol. The molecule has 0 N–H and O–H groups in total. The molecule has 1 aromatic rings. The molecular formula is C9H10BrClF3N3. The second-order valence-corrected chi connectivity index (χ2v) is 4.84. The minimum absolute atomic E-state index is 0.0870. The first-order chi connectivity index (χ1) is 7.70. The van der Waals surface area contributed by atoms with E-state index in [0.29, 0.717) is 4.47 Å². The third-order valence-corrected chi connectivity index (χ3v) is 2.68. The fraction of sp³-hybridized carbons (Fsp3) is 0.556. The van der Waals surface area contributed by atoms with Gasteiger partial charge in [-0.15, -0.1) is 0 Å². The molecule has 0 saturated heterocycles. The van der Waals surface area contributed by atoms with Crippen molar-refractivity contribution >= 4 is 33.3 Å². The van der Waals surface area contributed by atoms with Crippen molar-refractivity contribution in [3.63, 3.8) is 0 Å². The van der Waals surface area contributed by atoms with Crippen LogP contribution in [0.3, 0.4) is 0 Å². The van der Waals surface area contributed by atoms with E-state index >= 15 is 0 Å². The van der Waals surface area contributed by atoms with Gasteiger partial charge in [0.25, 0.3) is 0 Å². The minimum Gasteiger partial charge on any atom is -0.344 e. The van der Waals surface area contributed by atoms with Gasteiger partial charge in [0.1, 0.15) is 12.4 Å². The summed E-state index contributed by atoms with van der Waals surface area (Å²) in [5.41, 5.74) is 0. The number of anilines is 1. The number of alkyl halides is 3. The van der Waals surface area contributed by atoms with Crippen molar-refractivity contribution in [2.75, 3.05) is 11.4 Å². The maximum Gasteiger partial charge on any atom is 0.405 e. The maximum absolute atomic E-state index is 12.5. The number of halogens is 5. The molecule has 0 saturated carbocycles. The lowest BCUT2D eigenvalue weighted by atomic mass is 10.3. The van der Waals surface area contributed by atoms with E-state index < -0.39 is 12.7 Å².